The molecule has 10 nitrogen and oxygen atoms in total. The first kappa shape index (κ1) is 23.0. The second kappa shape index (κ2) is 9.36. The summed E-state index contributed by atoms with van der Waals surface area (Å²) in [5, 5.41) is 23.2. The van der Waals surface area contributed by atoms with Gasteiger partial charge in [-0.15, -0.1) is 0 Å². The third-order valence-electron chi connectivity index (χ3n) is 5.06. The van der Waals surface area contributed by atoms with Crippen molar-refractivity contribution < 1.29 is 14.5 Å². The summed E-state index contributed by atoms with van der Waals surface area (Å²) in [6.07, 6.45) is 1.64. The zero-order valence-electron chi connectivity index (χ0n) is 18.7. The average Bonchev–Trinajstić information content (AvgIpc) is 3.36. The van der Waals surface area contributed by atoms with E-state index in [1.54, 1.807) is 33.8 Å². The van der Waals surface area contributed by atoms with Crippen LogP contribution in [0.5, 0.6) is 11.5 Å². The molecule has 0 bridgehead atoms. The number of rotatable bonds is 7. The van der Waals surface area contributed by atoms with E-state index >= 15 is 0 Å². The van der Waals surface area contributed by atoms with E-state index in [4.69, 9.17) is 16.3 Å². The van der Waals surface area contributed by atoms with E-state index in [1.807, 2.05) is 32.9 Å². The van der Waals surface area contributed by atoms with E-state index in [9.17, 15) is 14.9 Å². The Balaban J connectivity index is 1.52. The van der Waals surface area contributed by atoms with Gasteiger partial charge in [-0.3, -0.25) is 19.6 Å². The standard InChI is InChI=1S/C23H21ClN6O4/c1-14-4-6-19(7-5-14)34-20-11-17(10-18(12-20)30(32)33)25-23(31)21-8-9-28(27-21)13-29-16(3)22(24)15(2)26-29/h4-12H,13H2,1-3H3,(H,25,31). The van der Waals surface area contributed by atoms with Gasteiger partial charge in [0.15, 0.2) is 5.69 Å². The van der Waals surface area contributed by atoms with E-state index in [2.05, 4.69) is 15.5 Å². The van der Waals surface area contributed by atoms with Gasteiger partial charge in [-0.05, 0) is 39.0 Å². The highest BCUT2D eigenvalue weighted by Crippen LogP contribution is 2.30. The number of nitro benzene ring substituents is 1. The van der Waals surface area contributed by atoms with Gasteiger partial charge in [0.05, 0.1) is 33.1 Å². The Bertz CT molecular complexity index is 1380. The van der Waals surface area contributed by atoms with Crippen molar-refractivity contribution in [2.24, 2.45) is 0 Å². The molecule has 4 aromatic rings. The van der Waals surface area contributed by atoms with Crippen LogP contribution in [0.25, 0.3) is 0 Å². The van der Waals surface area contributed by atoms with Gasteiger partial charge in [-0.2, -0.15) is 10.2 Å². The Hall–Kier alpha value is -4.18. The number of aryl methyl sites for hydroxylation is 2. The van der Waals surface area contributed by atoms with Gasteiger partial charge >= 0.3 is 0 Å². The molecule has 11 heteroatoms. The molecule has 0 spiro atoms. The summed E-state index contributed by atoms with van der Waals surface area (Å²) in [6.45, 7) is 5.87. The highest BCUT2D eigenvalue weighted by molar-refractivity contribution is 6.31. The zero-order valence-corrected chi connectivity index (χ0v) is 19.4. The van der Waals surface area contributed by atoms with Crippen LogP contribution in [-0.4, -0.2) is 30.4 Å². The van der Waals surface area contributed by atoms with Gasteiger partial charge in [-0.25, -0.2) is 4.68 Å². The largest absolute Gasteiger partial charge is 0.457 e. The van der Waals surface area contributed by atoms with Gasteiger partial charge in [0.25, 0.3) is 11.6 Å². The van der Waals surface area contributed by atoms with Crippen molar-refractivity contribution in [3.8, 4) is 11.5 Å². The predicted octanol–water partition coefficient (Wildman–Crippen LogP) is 5.12. The second-order valence-corrected chi connectivity index (χ2v) is 8.09. The Morgan fingerprint density at radius 3 is 2.47 bits per heavy atom. The number of benzene rings is 2. The molecule has 0 saturated carbocycles. The fourth-order valence-corrected chi connectivity index (χ4v) is 3.40. The molecule has 2 aromatic carbocycles. The number of carbonyl (C=O) groups is 1. The number of aromatic nitrogens is 4. The smallest absolute Gasteiger partial charge is 0.276 e. The molecule has 34 heavy (non-hydrogen) atoms. The minimum atomic E-state index is -0.550. The highest BCUT2D eigenvalue weighted by Gasteiger charge is 2.16. The fraction of sp³-hybridized carbons (Fsp3) is 0.174. The van der Waals surface area contributed by atoms with Crippen molar-refractivity contribution >= 4 is 28.9 Å². The zero-order chi connectivity index (χ0) is 24.4. The summed E-state index contributed by atoms with van der Waals surface area (Å²) in [5.41, 5.74) is 2.69. The van der Waals surface area contributed by atoms with Crippen LogP contribution < -0.4 is 10.1 Å². The molecule has 2 aromatic heterocycles. The molecule has 1 amide bonds. The van der Waals surface area contributed by atoms with E-state index < -0.39 is 10.8 Å². The maximum Gasteiger partial charge on any atom is 0.276 e. The van der Waals surface area contributed by atoms with Gasteiger partial charge < -0.3 is 10.1 Å². The molecular formula is C23H21ClN6O4. The van der Waals surface area contributed by atoms with E-state index in [1.165, 1.54) is 18.2 Å². The summed E-state index contributed by atoms with van der Waals surface area (Å²) < 4.78 is 8.98. The molecule has 0 aliphatic carbocycles. The lowest BCUT2D eigenvalue weighted by molar-refractivity contribution is -0.384. The Labute approximate surface area is 199 Å². The summed E-state index contributed by atoms with van der Waals surface area (Å²) in [4.78, 5) is 23.6. The lowest BCUT2D eigenvalue weighted by Gasteiger charge is -2.09. The molecule has 0 saturated heterocycles. The highest BCUT2D eigenvalue weighted by atomic mass is 35.5. The Kier molecular flexibility index (Phi) is 6.33. The fourth-order valence-electron chi connectivity index (χ4n) is 3.27. The number of halogens is 1. The SMILES string of the molecule is Cc1ccc(Oc2cc(NC(=O)c3ccn(Cn4nc(C)c(Cl)c4C)n3)cc([N+](=O)[O-])c2)cc1. The number of carbonyl (C=O) groups excluding carboxylic acids is 1. The molecule has 0 unspecified atom stereocenters. The molecule has 0 aliphatic rings. The Morgan fingerprint density at radius 1 is 1.09 bits per heavy atom. The summed E-state index contributed by atoms with van der Waals surface area (Å²) in [7, 11) is 0. The number of hydrogen-bond acceptors (Lipinski definition) is 6. The molecule has 1 N–H and O–H groups in total. The molecule has 0 atom stereocenters. The second-order valence-electron chi connectivity index (χ2n) is 7.71. The van der Waals surface area contributed by atoms with Crippen molar-refractivity contribution in [2.75, 3.05) is 5.32 Å². The number of nitrogens with zero attached hydrogens (tertiary/aromatic N) is 5. The van der Waals surface area contributed by atoms with Crippen LogP contribution in [-0.2, 0) is 6.67 Å². The molecule has 0 aliphatic heterocycles. The maximum absolute atomic E-state index is 12.8. The van der Waals surface area contributed by atoms with Crippen molar-refractivity contribution in [1.29, 1.82) is 0 Å². The first-order valence-corrected chi connectivity index (χ1v) is 10.7. The minimum Gasteiger partial charge on any atom is -0.457 e. The summed E-state index contributed by atoms with van der Waals surface area (Å²) in [6, 6.07) is 12.9. The monoisotopic (exact) mass is 480 g/mol. The maximum atomic E-state index is 12.8. The quantitative estimate of drug-likeness (QED) is 0.290. The van der Waals surface area contributed by atoms with Crippen LogP contribution in [0.15, 0.2) is 54.7 Å². The molecule has 2 heterocycles. The topological polar surface area (TPSA) is 117 Å². The Morgan fingerprint density at radius 2 is 1.82 bits per heavy atom. The number of anilines is 1. The number of nitrogens with one attached hydrogen (secondary N) is 1. The van der Waals surface area contributed by atoms with Crippen molar-refractivity contribution in [1.82, 2.24) is 19.6 Å². The third kappa shape index (κ3) is 5.07. The lowest BCUT2D eigenvalue weighted by atomic mass is 10.2. The summed E-state index contributed by atoms with van der Waals surface area (Å²) >= 11 is 6.18. The minimum absolute atomic E-state index is 0.139. The molecule has 174 valence electrons. The van der Waals surface area contributed by atoms with Crippen LogP contribution >= 0.6 is 11.6 Å². The average molecular weight is 481 g/mol. The van der Waals surface area contributed by atoms with Crippen LogP contribution in [0.1, 0.15) is 27.4 Å². The number of nitro groups is 1. The van der Waals surface area contributed by atoms with Crippen LogP contribution in [0, 0.1) is 30.9 Å². The summed E-state index contributed by atoms with van der Waals surface area (Å²) in [5.74, 6) is 0.221. The van der Waals surface area contributed by atoms with Crippen LogP contribution in [0.4, 0.5) is 11.4 Å². The van der Waals surface area contributed by atoms with E-state index in [0.717, 1.165) is 11.3 Å². The molecular weight excluding hydrogens is 460 g/mol. The van der Waals surface area contributed by atoms with Gasteiger partial charge in [-0.1, -0.05) is 29.3 Å². The van der Waals surface area contributed by atoms with Gasteiger partial charge in [0, 0.05) is 18.3 Å². The van der Waals surface area contributed by atoms with Gasteiger partial charge in [0.2, 0.25) is 0 Å². The van der Waals surface area contributed by atoms with E-state index in [-0.39, 0.29) is 29.5 Å². The number of hydrogen-bond donors (Lipinski definition) is 1. The third-order valence-corrected chi connectivity index (χ3v) is 5.61. The first-order chi connectivity index (χ1) is 16.2. The number of ether oxygens (including phenoxy) is 1. The van der Waals surface area contributed by atoms with Gasteiger partial charge in [0.1, 0.15) is 18.2 Å². The van der Waals surface area contributed by atoms with Crippen LogP contribution in [0.3, 0.4) is 0 Å². The lowest BCUT2D eigenvalue weighted by Crippen LogP contribution is -2.15. The van der Waals surface area contributed by atoms with Crippen LogP contribution in [0.2, 0.25) is 5.02 Å². The number of amides is 1. The van der Waals surface area contributed by atoms with Crippen molar-refractivity contribution in [3.05, 3.63) is 92.5 Å². The molecule has 0 fully saturated rings. The van der Waals surface area contributed by atoms with Crippen molar-refractivity contribution in [2.45, 2.75) is 27.4 Å². The van der Waals surface area contributed by atoms with Crippen molar-refractivity contribution in [3.63, 3.8) is 0 Å². The molecule has 4 rings (SSSR count). The first-order valence-electron chi connectivity index (χ1n) is 10.3. The molecule has 0 radical (unpaired) electrons. The normalized spacial score (nSPS) is 10.8. The number of non-ortho nitro benzene ring substituents is 1. The van der Waals surface area contributed by atoms with E-state index in [0.29, 0.717) is 16.5 Å². The predicted molar refractivity (Wildman–Crippen MR) is 127 cm³/mol.